The van der Waals surface area contributed by atoms with Crippen LogP contribution in [-0.2, 0) is 14.8 Å². The van der Waals surface area contributed by atoms with Crippen molar-refractivity contribution in [1.82, 2.24) is 0 Å². The monoisotopic (exact) mass is 283 g/mol. The number of aliphatic hydroxyl groups is 1. The number of hydrogen-bond donors (Lipinski definition) is 1. The molecule has 6 heteroatoms. The highest BCUT2D eigenvalue weighted by molar-refractivity contribution is 7.90. The van der Waals surface area contributed by atoms with Crippen molar-refractivity contribution in [2.45, 2.75) is 31.3 Å². The fourth-order valence-corrected chi connectivity index (χ4v) is 3.13. The minimum atomic E-state index is -3.77. The summed E-state index contributed by atoms with van der Waals surface area (Å²) in [6, 6.07) is 8.01. The van der Waals surface area contributed by atoms with E-state index in [0.717, 1.165) is 0 Å². The van der Waals surface area contributed by atoms with Crippen LogP contribution < -0.4 is 0 Å². The smallest absolute Gasteiger partial charge is 0.285 e. The van der Waals surface area contributed by atoms with E-state index < -0.39 is 15.4 Å². The molecule has 1 heterocycles. The molecule has 0 bridgehead atoms. The van der Waals surface area contributed by atoms with Crippen LogP contribution in [0.2, 0.25) is 0 Å². The minimum absolute atomic E-state index is 0.134. The van der Waals surface area contributed by atoms with Crippen LogP contribution in [0.3, 0.4) is 0 Å². The lowest BCUT2D eigenvalue weighted by Gasteiger charge is -2.14. The Kier molecular flexibility index (Phi) is 3.64. The van der Waals surface area contributed by atoms with Gasteiger partial charge in [0.1, 0.15) is 6.10 Å². The maximum atomic E-state index is 12.1. The average molecular weight is 283 g/mol. The zero-order chi connectivity index (χ0) is 14.1. The molecule has 1 atom stereocenters. The summed E-state index contributed by atoms with van der Waals surface area (Å²) in [5, 5.41) is 9.10. The maximum Gasteiger partial charge on any atom is 0.285 e. The van der Waals surface area contributed by atoms with Crippen LogP contribution in [0.5, 0.6) is 0 Å². The van der Waals surface area contributed by atoms with E-state index in [-0.39, 0.29) is 23.5 Å². The number of ether oxygens (including phenoxy) is 1. The number of hydrogen-bond acceptors (Lipinski definition) is 4. The molecule has 0 aromatic heterocycles. The number of rotatable bonds is 3. The third-order valence-electron chi connectivity index (χ3n) is 3.04. The number of sulfonamides is 1. The lowest BCUT2D eigenvalue weighted by molar-refractivity contribution is 0.123. The molecule has 1 aromatic rings. The zero-order valence-electron chi connectivity index (χ0n) is 10.9. The summed E-state index contributed by atoms with van der Waals surface area (Å²) in [5.41, 5.74) is -0.491. The molecule has 1 aromatic carbocycles. The highest BCUT2D eigenvalue weighted by atomic mass is 32.2. The molecule has 1 fully saturated rings. The van der Waals surface area contributed by atoms with E-state index in [2.05, 4.69) is 4.40 Å². The minimum Gasteiger partial charge on any atom is -0.474 e. The van der Waals surface area contributed by atoms with Crippen molar-refractivity contribution in [2.24, 2.45) is 9.81 Å². The molecule has 1 aliphatic heterocycles. The second kappa shape index (κ2) is 4.94. The molecule has 0 saturated carbocycles. The van der Waals surface area contributed by atoms with Crippen LogP contribution in [0.1, 0.15) is 20.3 Å². The molecule has 0 aliphatic carbocycles. The fraction of sp³-hybridized carbons (Fsp3) is 0.462. The Morgan fingerprint density at radius 3 is 2.53 bits per heavy atom. The number of nitrogens with zero attached hydrogens (tertiary/aromatic N) is 1. The summed E-state index contributed by atoms with van der Waals surface area (Å²) in [6.45, 7) is 3.55. The molecule has 1 N–H and O–H groups in total. The highest BCUT2D eigenvalue weighted by Gasteiger charge is 2.40. The van der Waals surface area contributed by atoms with Gasteiger partial charge in [0.2, 0.25) is 5.90 Å². The lowest BCUT2D eigenvalue weighted by atomic mass is 9.90. The molecular formula is C13H17NO4S. The van der Waals surface area contributed by atoms with E-state index in [0.29, 0.717) is 6.42 Å². The summed E-state index contributed by atoms with van der Waals surface area (Å²) >= 11 is 0. The molecule has 104 valence electrons. The van der Waals surface area contributed by atoms with Gasteiger partial charge in [-0.1, -0.05) is 32.0 Å². The number of benzene rings is 1. The Bertz CT molecular complexity index is 578. The molecule has 0 unspecified atom stereocenters. The third kappa shape index (κ3) is 2.96. The van der Waals surface area contributed by atoms with Gasteiger partial charge < -0.3 is 9.84 Å². The van der Waals surface area contributed by atoms with E-state index in [9.17, 15) is 8.42 Å². The summed E-state index contributed by atoms with van der Waals surface area (Å²) in [5.74, 6) is 0.162. The Morgan fingerprint density at radius 1 is 1.37 bits per heavy atom. The van der Waals surface area contributed by atoms with Crippen LogP contribution in [0.25, 0.3) is 0 Å². The van der Waals surface area contributed by atoms with Crippen molar-refractivity contribution in [2.75, 3.05) is 6.61 Å². The molecule has 2 rings (SSSR count). The topological polar surface area (TPSA) is 76.0 Å². The van der Waals surface area contributed by atoms with Gasteiger partial charge in [0, 0.05) is 11.8 Å². The summed E-state index contributed by atoms with van der Waals surface area (Å²) in [7, 11) is -3.77. The van der Waals surface area contributed by atoms with Crippen LogP contribution in [0, 0.1) is 5.41 Å². The van der Waals surface area contributed by atoms with Gasteiger partial charge in [0.25, 0.3) is 10.0 Å². The second-order valence-electron chi connectivity index (χ2n) is 5.19. The van der Waals surface area contributed by atoms with Gasteiger partial charge in [0.05, 0.1) is 11.5 Å². The predicted octanol–water partition coefficient (Wildman–Crippen LogP) is 1.58. The second-order valence-corrected chi connectivity index (χ2v) is 6.80. The first kappa shape index (κ1) is 14.0. The first-order chi connectivity index (χ1) is 8.85. The molecular weight excluding hydrogens is 266 g/mol. The van der Waals surface area contributed by atoms with Crippen molar-refractivity contribution in [3.63, 3.8) is 0 Å². The molecule has 5 nitrogen and oxygen atoms in total. The molecule has 1 aliphatic rings. The van der Waals surface area contributed by atoms with Crippen LogP contribution in [-0.4, -0.2) is 32.1 Å². The summed E-state index contributed by atoms with van der Waals surface area (Å²) < 4.78 is 33.5. The Labute approximate surface area is 113 Å². The molecule has 1 saturated heterocycles. The maximum absolute atomic E-state index is 12.1. The van der Waals surface area contributed by atoms with Crippen molar-refractivity contribution in [3.8, 4) is 0 Å². The zero-order valence-corrected chi connectivity index (χ0v) is 11.7. The summed E-state index contributed by atoms with van der Waals surface area (Å²) in [4.78, 5) is 0.134. The van der Waals surface area contributed by atoms with Gasteiger partial charge in [-0.05, 0) is 12.1 Å². The van der Waals surface area contributed by atoms with Gasteiger partial charge in [0.15, 0.2) is 0 Å². The standard InChI is InChI=1S/C13H17NO4S/c1-13(2)8-10(9-15)18-12(13)14-19(16,17)11-6-4-3-5-7-11/h3-7,10,15H,8-9H2,1-2H3/b14-12-/t10-/m1/s1. The van der Waals surface area contributed by atoms with Gasteiger partial charge >= 0.3 is 0 Å². The average Bonchev–Trinajstić information content (AvgIpc) is 2.65. The van der Waals surface area contributed by atoms with E-state index >= 15 is 0 Å². The summed E-state index contributed by atoms with van der Waals surface area (Å²) in [6.07, 6.45) is 0.159. The van der Waals surface area contributed by atoms with Crippen LogP contribution >= 0.6 is 0 Å². The van der Waals surface area contributed by atoms with E-state index in [1.54, 1.807) is 18.2 Å². The van der Waals surface area contributed by atoms with Crippen molar-refractivity contribution in [3.05, 3.63) is 30.3 Å². The predicted molar refractivity (Wildman–Crippen MR) is 71.4 cm³/mol. The van der Waals surface area contributed by atoms with Crippen LogP contribution in [0.15, 0.2) is 39.6 Å². The van der Waals surface area contributed by atoms with Gasteiger partial charge in [-0.25, -0.2) is 0 Å². The Balaban J connectivity index is 2.36. The van der Waals surface area contributed by atoms with E-state index in [1.807, 2.05) is 13.8 Å². The lowest BCUT2D eigenvalue weighted by Crippen LogP contribution is -2.19. The van der Waals surface area contributed by atoms with Gasteiger partial charge in [-0.3, -0.25) is 0 Å². The Hall–Kier alpha value is -1.40. The Morgan fingerprint density at radius 2 is 2.00 bits per heavy atom. The van der Waals surface area contributed by atoms with E-state index in [4.69, 9.17) is 9.84 Å². The normalized spacial score (nSPS) is 24.4. The largest absolute Gasteiger partial charge is 0.474 e. The first-order valence-electron chi connectivity index (χ1n) is 6.03. The SMILES string of the molecule is CC1(C)C[C@H](CO)O/C1=N\S(=O)(=O)c1ccccc1. The molecule has 0 spiro atoms. The van der Waals surface area contributed by atoms with Crippen molar-refractivity contribution >= 4 is 15.9 Å². The van der Waals surface area contributed by atoms with Crippen molar-refractivity contribution in [1.29, 1.82) is 0 Å². The third-order valence-corrected chi connectivity index (χ3v) is 4.32. The van der Waals surface area contributed by atoms with E-state index in [1.165, 1.54) is 12.1 Å². The van der Waals surface area contributed by atoms with Gasteiger partial charge in [-0.15, -0.1) is 4.40 Å². The molecule has 0 amide bonds. The first-order valence-corrected chi connectivity index (χ1v) is 7.47. The van der Waals surface area contributed by atoms with Crippen LogP contribution in [0.4, 0.5) is 0 Å². The number of aliphatic hydroxyl groups excluding tert-OH is 1. The molecule has 0 radical (unpaired) electrons. The highest BCUT2D eigenvalue weighted by Crippen LogP contribution is 2.34. The van der Waals surface area contributed by atoms with Gasteiger partial charge in [-0.2, -0.15) is 8.42 Å². The fourth-order valence-electron chi connectivity index (χ4n) is 2.02. The quantitative estimate of drug-likeness (QED) is 0.913. The van der Waals surface area contributed by atoms with Crippen molar-refractivity contribution < 1.29 is 18.3 Å². The molecule has 19 heavy (non-hydrogen) atoms.